The molecule has 0 unspecified atom stereocenters. The molecule has 0 fully saturated rings. The van der Waals surface area contributed by atoms with E-state index in [-0.39, 0.29) is 16.2 Å². The molecule has 0 saturated carbocycles. The second-order valence-electron chi connectivity index (χ2n) is 1.44. The van der Waals surface area contributed by atoms with Gasteiger partial charge in [0, 0.05) is 12.2 Å². The first-order chi connectivity index (χ1) is 5.57. The first kappa shape index (κ1) is 4.80. The Labute approximate surface area is 68.3 Å². The van der Waals surface area contributed by atoms with E-state index >= 15 is 0 Å². The van der Waals surface area contributed by atoms with Crippen molar-refractivity contribution < 1.29 is 7.13 Å². The van der Waals surface area contributed by atoms with Gasteiger partial charge in [-0.1, -0.05) is 0 Å². The molecule has 0 aliphatic carbocycles. The molecule has 1 aromatic rings. The molecule has 0 N–H and O–H groups in total. The van der Waals surface area contributed by atoms with E-state index in [1.54, 1.807) is 6.07 Å². The van der Waals surface area contributed by atoms with E-state index in [4.69, 9.17) is 8.00 Å². The summed E-state index contributed by atoms with van der Waals surface area (Å²) in [7, 11) is 0. The van der Waals surface area contributed by atoms with E-state index in [2.05, 4.69) is 20.9 Å². The van der Waals surface area contributed by atoms with Crippen LogP contribution in [0, 0.1) is 17.3 Å². The Bertz CT molecular complexity index is 349. The van der Waals surface area contributed by atoms with Crippen LogP contribution in [0.25, 0.3) is 0 Å². The lowest BCUT2D eigenvalue weighted by molar-refractivity contribution is 0.582. The van der Waals surface area contributed by atoms with Crippen LogP contribution >= 0.6 is 15.9 Å². The molecular weight excluding hydrogens is 199 g/mol. The highest BCUT2D eigenvalue weighted by molar-refractivity contribution is 9.10. The van der Waals surface area contributed by atoms with Crippen LogP contribution in [-0.2, 0) is 0 Å². The quantitative estimate of drug-likeness (QED) is 0.603. The SMILES string of the molecule is [2H]c1nc(F)c([2H])c(C#N)c1Br. The van der Waals surface area contributed by atoms with Gasteiger partial charge in [0.15, 0.2) is 0 Å². The molecule has 0 aliphatic rings. The second-order valence-corrected chi connectivity index (χ2v) is 2.23. The topological polar surface area (TPSA) is 36.7 Å². The Morgan fingerprint density at radius 1 is 1.90 bits per heavy atom. The maximum absolute atomic E-state index is 12.6. The Morgan fingerprint density at radius 2 is 2.60 bits per heavy atom. The van der Waals surface area contributed by atoms with Gasteiger partial charge >= 0.3 is 0 Å². The summed E-state index contributed by atoms with van der Waals surface area (Å²) >= 11 is 2.87. The van der Waals surface area contributed by atoms with E-state index in [9.17, 15) is 4.39 Å². The molecule has 0 bridgehead atoms. The average molecular weight is 203 g/mol. The molecule has 4 heteroatoms. The molecule has 0 atom stereocenters. The van der Waals surface area contributed by atoms with E-state index < -0.39 is 12.0 Å². The fourth-order valence-corrected chi connectivity index (χ4v) is 0.694. The first-order valence-electron chi connectivity index (χ1n) is 3.30. The molecule has 10 heavy (non-hydrogen) atoms. The summed E-state index contributed by atoms with van der Waals surface area (Å²) in [6.45, 7) is 0. The summed E-state index contributed by atoms with van der Waals surface area (Å²) in [5.41, 5.74) is -0.201. The number of pyridine rings is 1. The van der Waals surface area contributed by atoms with Gasteiger partial charge in [-0.05, 0) is 15.9 Å². The van der Waals surface area contributed by atoms with Gasteiger partial charge in [0.1, 0.15) is 6.07 Å². The highest BCUT2D eigenvalue weighted by atomic mass is 79.9. The normalized spacial score (nSPS) is 11.7. The Hall–Kier alpha value is -0.950. The first-order valence-corrected chi connectivity index (χ1v) is 3.09. The van der Waals surface area contributed by atoms with Crippen molar-refractivity contribution in [1.82, 2.24) is 4.98 Å². The maximum atomic E-state index is 12.6. The molecule has 0 aromatic carbocycles. The highest BCUT2D eigenvalue weighted by Crippen LogP contribution is 2.13. The molecular formula is C6H2BrFN2. The van der Waals surface area contributed by atoms with Crippen molar-refractivity contribution in [3.05, 3.63) is 28.2 Å². The molecule has 0 saturated heterocycles. The summed E-state index contributed by atoms with van der Waals surface area (Å²) in [6, 6.07) is 1.03. The smallest absolute Gasteiger partial charge is 0.214 e. The fourth-order valence-electron chi connectivity index (χ4n) is 0.417. The molecule has 50 valence electrons. The van der Waals surface area contributed by atoms with Crippen molar-refractivity contribution in [3.8, 4) is 6.07 Å². The standard InChI is InChI=1S/C6H2BrFN2/c7-5-3-10-6(8)1-4(5)2-9/h1,3H/i1D,3D. The molecule has 0 radical (unpaired) electrons. The molecule has 2 nitrogen and oxygen atoms in total. The zero-order chi connectivity index (χ0) is 9.30. The minimum atomic E-state index is -1.10. The van der Waals surface area contributed by atoms with E-state index in [0.717, 1.165) is 0 Å². The molecule has 1 aromatic heterocycles. The molecule has 0 amide bonds. The number of halogens is 2. The number of hydrogen-bond acceptors (Lipinski definition) is 2. The van der Waals surface area contributed by atoms with Gasteiger partial charge in [0.05, 0.1) is 12.8 Å². The van der Waals surface area contributed by atoms with Crippen molar-refractivity contribution in [1.29, 1.82) is 5.26 Å². The van der Waals surface area contributed by atoms with Crippen molar-refractivity contribution >= 4 is 15.9 Å². The summed E-state index contributed by atoms with van der Waals surface area (Å²) < 4.78 is 26.8. The lowest BCUT2D eigenvalue weighted by atomic mass is 10.3. The van der Waals surface area contributed by atoms with Crippen molar-refractivity contribution in [2.75, 3.05) is 0 Å². The van der Waals surface area contributed by atoms with Gasteiger partial charge in [-0.3, -0.25) is 0 Å². The Balaban J connectivity index is 3.56. The zero-order valence-electron chi connectivity index (χ0n) is 6.65. The van der Waals surface area contributed by atoms with Crippen LogP contribution < -0.4 is 0 Å². The Morgan fingerprint density at radius 3 is 3.20 bits per heavy atom. The third-order valence-electron chi connectivity index (χ3n) is 0.812. The van der Waals surface area contributed by atoms with Gasteiger partial charge in [0.25, 0.3) is 0 Å². The minimum absolute atomic E-state index is 0.0522. The third-order valence-corrected chi connectivity index (χ3v) is 1.39. The zero-order valence-corrected chi connectivity index (χ0v) is 6.24. The van der Waals surface area contributed by atoms with Gasteiger partial charge < -0.3 is 0 Å². The third kappa shape index (κ3) is 1.31. The number of nitriles is 1. The lowest BCUT2D eigenvalue weighted by Crippen LogP contribution is -1.84. The average Bonchev–Trinajstić information content (AvgIpc) is 2.02. The van der Waals surface area contributed by atoms with Gasteiger partial charge in [-0.15, -0.1) is 0 Å². The van der Waals surface area contributed by atoms with Crippen LogP contribution in [0.1, 0.15) is 8.30 Å². The Kier molecular flexibility index (Phi) is 1.32. The van der Waals surface area contributed by atoms with Crippen LogP contribution in [0.15, 0.2) is 16.7 Å². The van der Waals surface area contributed by atoms with Crippen LogP contribution in [0.2, 0.25) is 0 Å². The minimum Gasteiger partial charge on any atom is -0.227 e. The monoisotopic (exact) mass is 202 g/mol. The van der Waals surface area contributed by atoms with Crippen LogP contribution in [0.4, 0.5) is 4.39 Å². The van der Waals surface area contributed by atoms with Crippen LogP contribution in [-0.4, -0.2) is 4.98 Å². The van der Waals surface area contributed by atoms with Crippen molar-refractivity contribution in [2.24, 2.45) is 0 Å². The number of aromatic nitrogens is 1. The van der Waals surface area contributed by atoms with Gasteiger partial charge in [0.2, 0.25) is 5.95 Å². The van der Waals surface area contributed by atoms with E-state index in [1.165, 1.54) is 0 Å². The van der Waals surface area contributed by atoms with Crippen LogP contribution in [0.5, 0.6) is 0 Å². The molecule has 0 aliphatic heterocycles. The van der Waals surface area contributed by atoms with E-state index in [1.807, 2.05) is 0 Å². The van der Waals surface area contributed by atoms with Gasteiger partial charge in [-0.25, -0.2) is 4.98 Å². The second kappa shape index (κ2) is 2.76. The number of rotatable bonds is 0. The summed E-state index contributed by atoms with van der Waals surface area (Å²) in [6.07, 6.45) is -0.375. The lowest BCUT2D eigenvalue weighted by Gasteiger charge is -1.91. The van der Waals surface area contributed by atoms with Crippen molar-refractivity contribution in [3.63, 3.8) is 0 Å². The summed E-state index contributed by atoms with van der Waals surface area (Å²) in [5, 5.41) is 8.47. The number of nitrogens with zero attached hydrogens (tertiary/aromatic N) is 2. The number of hydrogen-bond donors (Lipinski definition) is 0. The maximum Gasteiger partial charge on any atom is 0.214 e. The summed E-state index contributed by atoms with van der Waals surface area (Å²) in [4.78, 5) is 3.10. The predicted octanol–water partition coefficient (Wildman–Crippen LogP) is 1.85. The molecule has 1 heterocycles. The largest absolute Gasteiger partial charge is 0.227 e. The molecule has 0 spiro atoms. The van der Waals surface area contributed by atoms with E-state index in [0.29, 0.717) is 0 Å². The highest BCUT2D eigenvalue weighted by Gasteiger charge is 1.99. The fraction of sp³-hybridized carbons (Fsp3) is 0. The predicted molar refractivity (Wildman–Crippen MR) is 36.6 cm³/mol. The van der Waals surface area contributed by atoms with Crippen molar-refractivity contribution in [2.45, 2.75) is 0 Å². The van der Waals surface area contributed by atoms with Crippen LogP contribution in [0.3, 0.4) is 0 Å². The summed E-state index contributed by atoms with van der Waals surface area (Å²) in [5.74, 6) is -1.10. The van der Waals surface area contributed by atoms with Gasteiger partial charge in [-0.2, -0.15) is 9.65 Å². The molecule has 1 rings (SSSR count).